The third-order valence-electron chi connectivity index (χ3n) is 6.62. The van der Waals surface area contributed by atoms with E-state index in [0.29, 0.717) is 19.5 Å². The van der Waals surface area contributed by atoms with Crippen molar-refractivity contribution in [2.24, 2.45) is 5.14 Å². The van der Waals surface area contributed by atoms with Crippen LogP contribution in [0.15, 0.2) is 29.2 Å². The molecule has 2 heterocycles. The Morgan fingerprint density at radius 2 is 1.58 bits per heavy atom. The number of rotatable bonds is 8. The highest BCUT2D eigenvalue weighted by atomic mass is 32.2. The van der Waals surface area contributed by atoms with Crippen molar-refractivity contribution in [2.75, 3.05) is 52.4 Å². The molecule has 3 rings (SSSR count). The lowest BCUT2D eigenvalue weighted by molar-refractivity contribution is -0.133. The van der Waals surface area contributed by atoms with Gasteiger partial charge in [-0.2, -0.15) is 0 Å². The number of nitrogens with one attached hydrogen (secondary N) is 1. The summed E-state index contributed by atoms with van der Waals surface area (Å²) in [7, 11) is -3.70. The number of primary sulfonamides is 1. The average Bonchev–Trinajstić information content (AvgIpc) is 3.08. The minimum atomic E-state index is -3.70. The minimum absolute atomic E-state index is 0.0229. The van der Waals surface area contributed by atoms with Gasteiger partial charge in [0.2, 0.25) is 21.8 Å². The maximum atomic E-state index is 12.6. The third-order valence-corrected chi connectivity index (χ3v) is 7.55. The quantitative estimate of drug-likeness (QED) is 0.558. The molecule has 0 saturated carbocycles. The lowest BCUT2D eigenvalue weighted by atomic mass is 10.1. The Morgan fingerprint density at radius 3 is 2.15 bits per heavy atom. The predicted molar refractivity (Wildman–Crippen MR) is 127 cm³/mol. The summed E-state index contributed by atoms with van der Waals surface area (Å²) < 4.78 is 22.6. The van der Waals surface area contributed by atoms with Crippen LogP contribution >= 0.6 is 0 Å². The van der Waals surface area contributed by atoms with Crippen LogP contribution in [0.4, 0.5) is 0 Å². The zero-order valence-electron chi connectivity index (χ0n) is 19.5. The normalized spacial score (nSPS) is 19.6. The fourth-order valence-corrected chi connectivity index (χ4v) is 4.92. The summed E-state index contributed by atoms with van der Waals surface area (Å²) in [6, 6.07) is 6.14. The number of hydrogen-bond donors (Lipinski definition) is 2. The Kier molecular flexibility index (Phi) is 9.25. The molecular weight excluding hydrogens is 442 g/mol. The van der Waals surface area contributed by atoms with Crippen molar-refractivity contribution < 1.29 is 18.0 Å². The molecule has 1 atom stereocenters. The zero-order valence-corrected chi connectivity index (χ0v) is 20.4. The highest BCUT2D eigenvalue weighted by molar-refractivity contribution is 7.89. The van der Waals surface area contributed by atoms with E-state index < -0.39 is 10.0 Å². The van der Waals surface area contributed by atoms with Crippen molar-refractivity contribution >= 4 is 21.8 Å². The monoisotopic (exact) mass is 479 g/mol. The molecule has 1 aromatic carbocycles. The summed E-state index contributed by atoms with van der Waals surface area (Å²) in [6.07, 6.45) is 5.25. The van der Waals surface area contributed by atoms with Crippen LogP contribution in [-0.4, -0.2) is 93.3 Å². The first kappa shape index (κ1) is 25.6. The summed E-state index contributed by atoms with van der Waals surface area (Å²) in [5, 5.41) is 8.08. The standard InChI is InChI=1S/C23H37N5O4S/c1-19(23(30)25-11-10-20-6-8-21(9-7-20)33(24,31)32)27-16-14-26(15-17-27)18-22(29)28-12-4-2-3-5-13-28/h6-9,19H,2-5,10-18H2,1H3,(H,25,30)(H2,24,31,32)/t19-/m0/s1. The van der Waals surface area contributed by atoms with Gasteiger partial charge in [0.25, 0.3) is 0 Å². The van der Waals surface area contributed by atoms with Crippen molar-refractivity contribution in [1.29, 1.82) is 0 Å². The van der Waals surface area contributed by atoms with Gasteiger partial charge in [0.05, 0.1) is 17.5 Å². The maximum Gasteiger partial charge on any atom is 0.238 e. The number of nitrogens with two attached hydrogens (primary N) is 1. The summed E-state index contributed by atoms with van der Waals surface area (Å²) in [5.41, 5.74) is 0.929. The van der Waals surface area contributed by atoms with Crippen LogP contribution in [0.5, 0.6) is 0 Å². The van der Waals surface area contributed by atoms with E-state index in [1.165, 1.54) is 25.0 Å². The van der Waals surface area contributed by atoms with Crippen LogP contribution in [0.25, 0.3) is 0 Å². The third kappa shape index (κ3) is 7.77. The van der Waals surface area contributed by atoms with Gasteiger partial charge in [0, 0.05) is 45.8 Å². The molecule has 2 saturated heterocycles. The molecule has 2 amide bonds. The minimum Gasteiger partial charge on any atom is -0.354 e. The van der Waals surface area contributed by atoms with Crippen molar-refractivity contribution in [1.82, 2.24) is 20.0 Å². The summed E-state index contributed by atoms with van der Waals surface area (Å²) >= 11 is 0. The molecule has 2 aliphatic heterocycles. The molecule has 1 aromatic rings. The van der Waals surface area contributed by atoms with E-state index in [9.17, 15) is 18.0 Å². The Bertz CT molecular complexity index is 890. The van der Waals surface area contributed by atoms with Crippen molar-refractivity contribution in [2.45, 2.75) is 50.0 Å². The number of benzene rings is 1. The lowest BCUT2D eigenvalue weighted by Gasteiger charge is -2.37. The van der Waals surface area contributed by atoms with Crippen LogP contribution < -0.4 is 10.5 Å². The van der Waals surface area contributed by atoms with E-state index in [-0.39, 0.29) is 22.8 Å². The number of nitrogens with zero attached hydrogens (tertiary/aromatic N) is 3. The van der Waals surface area contributed by atoms with Gasteiger partial charge in [-0.15, -0.1) is 0 Å². The molecule has 3 N–H and O–H groups in total. The molecule has 0 spiro atoms. The molecule has 0 bridgehead atoms. The van der Waals surface area contributed by atoms with Crippen molar-refractivity contribution in [3.8, 4) is 0 Å². The summed E-state index contributed by atoms with van der Waals surface area (Å²) in [6.45, 7) is 7.71. The van der Waals surface area contributed by atoms with Crippen LogP contribution in [0, 0.1) is 0 Å². The first-order valence-electron chi connectivity index (χ1n) is 11.9. The van der Waals surface area contributed by atoms with E-state index in [2.05, 4.69) is 15.1 Å². The average molecular weight is 480 g/mol. The van der Waals surface area contributed by atoms with Gasteiger partial charge < -0.3 is 10.2 Å². The largest absolute Gasteiger partial charge is 0.354 e. The second-order valence-corrected chi connectivity index (χ2v) is 10.6. The summed E-state index contributed by atoms with van der Waals surface area (Å²) in [4.78, 5) is 31.7. The number of hydrogen-bond acceptors (Lipinski definition) is 6. The zero-order chi connectivity index (χ0) is 23.8. The van der Waals surface area contributed by atoms with Crippen LogP contribution in [0.3, 0.4) is 0 Å². The topological polar surface area (TPSA) is 116 Å². The van der Waals surface area contributed by atoms with E-state index in [1.807, 2.05) is 11.8 Å². The molecule has 184 valence electrons. The van der Waals surface area contributed by atoms with E-state index in [4.69, 9.17) is 5.14 Å². The Balaban J connectivity index is 1.36. The second kappa shape index (κ2) is 11.9. The van der Waals surface area contributed by atoms with E-state index >= 15 is 0 Å². The second-order valence-electron chi connectivity index (χ2n) is 9.01. The smallest absolute Gasteiger partial charge is 0.238 e. The van der Waals surface area contributed by atoms with Crippen LogP contribution in [0.2, 0.25) is 0 Å². The van der Waals surface area contributed by atoms with Crippen LogP contribution in [-0.2, 0) is 26.0 Å². The predicted octanol–water partition coefficient (Wildman–Crippen LogP) is 0.401. The number of amides is 2. The maximum absolute atomic E-state index is 12.6. The molecule has 0 aliphatic carbocycles. The molecule has 2 fully saturated rings. The molecule has 0 aromatic heterocycles. The van der Waals surface area contributed by atoms with Gasteiger partial charge in [-0.25, -0.2) is 13.6 Å². The first-order valence-corrected chi connectivity index (χ1v) is 13.4. The number of likely N-dealkylation sites (tertiary alicyclic amines) is 1. The van der Waals surface area contributed by atoms with E-state index in [0.717, 1.165) is 57.7 Å². The highest BCUT2D eigenvalue weighted by Gasteiger charge is 2.27. The van der Waals surface area contributed by atoms with Crippen molar-refractivity contribution in [3.05, 3.63) is 29.8 Å². The Morgan fingerprint density at radius 1 is 0.970 bits per heavy atom. The number of carbonyl (C=O) groups is 2. The Hall–Kier alpha value is -2.01. The van der Waals surface area contributed by atoms with E-state index in [1.54, 1.807) is 12.1 Å². The highest BCUT2D eigenvalue weighted by Crippen LogP contribution is 2.12. The fraction of sp³-hybridized carbons (Fsp3) is 0.652. The summed E-state index contributed by atoms with van der Waals surface area (Å²) in [5.74, 6) is 0.207. The SMILES string of the molecule is C[C@@H](C(=O)NCCc1ccc(S(N)(=O)=O)cc1)N1CCN(CC(=O)N2CCCCCC2)CC1. The number of sulfonamides is 1. The molecule has 9 nitrogen and oxygen atoms in total. The molecular formula is C23H37N5O4S. The Labute approximate surface area is 197 Å². The van der Waals surface area contributed by atoms with Crippen LogP contribution in [0.1, 0.15) is 38.2 Å². The van der Waals surface area contributed by atoms with Crippen molar-refractivity contribution in [3.63, 3.8) is 0 Å². The fourth-order valence-electron chi connectivity index (χ4n) is 4.41. The van der Waals surface area contributed by atoms with Gasteiger partial charge in [-0.3, -0.25) is 19.4 Å². The molecule has 10 heteroatoms. The van der Waals surface area contributed by atoms with Gasteiger partial charge in [-0.1, -0.05) is 25.0 Å². The molecule has 0 unspecified atom stereocenters. The molecule has 2 aliphatic rings. The number of carbonyl (C=O) groups excluding carboxylic acids is 2. The van der Waals surface area contributed by atoms with Gasteiger partial charge in [0.1, 0.15) is 0 Å². The first-order chi connectivity index (χ1) is 15.7. The van der Waals surface area contributed by atoms with Gasteiger partial charge in [-0.05, 0) is 43.9 Å². The molecule has 33 heavy (non-hydrogen) atoms. The van der Waals surface area contributed by atoms with Gasteiger partial charge in [0.15, 0.2) is 0 Å². The van der Waals surface area contributed by atoms with Gasteiger partial charge >= 0.3 is 0 Å². The molecule has 0 radical (unpaired) electrons. The number of piperazine rings is 1. The lowest BCUT2D eigenvalue weighted by Crippen LogP contribution is -2.55.